The van der Waals surface area contributed by atoms with Crippen LogP contribution in [0, 0.1) is 17.0 Å². The van der Waals surface area contributed by atoms with Crippen molar-refractivity contribution in [1.82, 2.24) is 14.4 Å². The summed E-state index contributed by atoms with van der Waals surface area (Å²) in [4.78, 5) is 14.4. The fraction of sp³-hybridized carbons (Fsp3) is 0.429. The Morgan fingerprint density at radius 2 is 2.17 bits per heavy atom. The zero-order valence-electron chi connectivity index (χ0n) is 13.0. The highest BCUT2D eigenvalue weighted by Gasteiger charge is 2.37. The lowest BCUT2D eigenvalue weighted by Crippen LogP contribution is -2.39. The predicted octanol–water partition coefficient (Wildman–Crippen LogP) is 2.20. The smallest absolute Gasteiger partial charge is 0.273 e. The van der Waals surface area contributed by atoms with Gasteiger partial charge in [-0.3, -0.25) is 10.1 Å². The van der Waals surface area contributed by atoms with Gasteiger partial charge in [0.05, 0.1) is 15.9 Å². The predicted molar refractivity (Wildman–Crippen MR) is 82.6 cm³/mol. The second-order valence-corrected chi connectivity index (χ2v) is 7.51. The minimum Gasteiger partial charge on any atom is -0.343 e. The zero-order valence-corrected chi connectivity index (χ0v) is 13.8. The Hall–Kier alpha value is -2.33. The molecule has 24 heavy (non-hydrogen) atoms. The number of piperidine rings is 1. The molecule has 2 heterocycles. The number of nitro benzene ring substituents is 1. The van der Waals surface area contributed by atoms with Crippen LogP contribution in [0.4, 0.5) is 5.69 Å². The summed E-state index contributed by atoms with van der Waals surface area (Å²) in [5, 5.41) is 14.8. The van der Waals surface area contributed by atoms with Crippen LogP contribution in [-0.2, 0) is 10.0 Å². The molecule has 1 aliphatic rings. The first-order valence-corrected chi connectivity index (χ1v) is 8.88. The van der Waals surface area contributed by atoms with Crippen molar-refractivity contribution in [3.63, 3.8) is 0 Å². The summed E-state index contributed by atoms with van der Waals surface area (Å²) in [7, 11) is -3.90. The Bertz CT molecular complexity index is 850. The lowest BCUT2D eigenvalue weighted by molar-refractivity contribution is -0.385. The summed E-state index contributed by atoms with van der Waals surface area (Å²) in [6.07, 6.45) is 3.29. The fourth-order valence-electron chi connectivity index (χ4n) is 2.86. The molecule has 0 bridgehead atoms. The van der Waals surface area contributed by atoms with E-state index in [-0.39, 0.29) is 10.6 Å². The number of benzene rings is 1. The van der Waals surface area contributed by atoms with E-state index in [9.17, 15) is 18.5 Å². The van der Waals surface area contributed by atoms with Crippen LogP contribution in [-0.4, -0.2) is 34.3 Å². The van der Waals surface area contributed by atoms with E-state index in [1.165, 1.54) is 16.4 Å². The van der Waals surface area contributed by atoms with E-state index in [2.05, 4.69) is 10.1 Å². The molecule has 1 aliphatic heterocycles. The summed E-state index contributed by atoms with van der Waals surface area (Å²) in [5.41, 5.74) is 0.191. The van der Waals surface area contributed by atoms with E-state index >= 15 is 0 Å². The Morgan fingerprint density at radius 3 is 2.83 bits per heavy atom. The zero-order chi connectivity index (χ0) is 17.3. The Kier molecular flexibility index (Phi) is 4.33. The molecule has 0 spiro atoms. The number of aromatic nitrogens is 2. The van der Waals surface area contributed by atoms with Crippen molar-refractivity contribution in [2.24, 2.45) is 0 Å². The normalized spacial score (nSPS) is 19.3. The maximum atomic E-state index is 13.0. The fourth-order valence-corrected chi connectivity index (χ4v) is 4.53. The molecule has 1 aromatic heterocycles. The molecule has 1 atom stereocenters. The Balaban J connectivity index is 2.02. The van der Waals surface area contributed by atoms with E-state index in [1.807, 2.05) is 0 Å². The lowest BCUT2D eigenvalue weighted by atomic mass is 10.0. The van der Waals surface area contributed by atoms with Crippen molar-refractivity contribution in [3.8, 4) is 0 Å². The molecule has 10 heteroatoms. The van der Waals surface area contributed by atoms with Gasteiger partial charge in [-0.15, -0.1) is 0 Å². The molecule has 2 aromatic rings. The quantitative estimate of drug-likeness (QED) is 0.611. The third-order valence-electron chi connectivity index (χ3n) is 4.11. The van der Waals surface area contributed by atoms with Gasteiger partial charge in [-0.25, -0.2) is 8.42 Å². The van der Waals surface area contributed by atoms with Gasteiger partial charge in [0.25, 0.3) is 5.69 Å². The minimum atomic E-state index is -3.90. The summed E-state index contributed by atoms with van der Waals surface area (Å²) in [5.74, 6) is 0.305. The number of hydrogen-bond donors (Lipinski definition) is 0. The number of rotatable bonds is 4. The van der Waals surface area contributed by atoms with Crippen LogP contribution in [0.5, 0.6) is 0 Å². The number of hydrogen-bond acceptors (Lipinski definition) is 7. The van der Waals surface area contributed by atoms with Crippen molar-refractivity contribution in [3.05, 3.63) is 46.1 Å². The summed E-state index contributed by atoms with van der Waals surface area (Å²) in [6, 6.07) is 3.41. The van der Waals surface area contributed by atoms with Crippen molar-refractivity contribution in [2.75, 3.05) is 6.54 Å². The van der Waals surface area contributed by atoms with E-state index in [0.717, 1.165) is 18.9 Å². The van der Waals surface area contributed by atoms with Crippen LogP contribution in [0.3, 0.4) is 0 Å². The van der Waals surface area contributed by atoms with Gasteiger partial charge in [0.1, 0.15) is 0 Å². The molecule has 1 fully saturated rings. The van der Waals surface area contributed by atoms with Gasteiger partial charge in [-0.2, -0.15) is 9.29 Å². The first-order valence-electron chi connectivity index (χ1n) is 7.44. The molecule has 1 aromatic carbocycles. The van der Waals surface area contributed by atoms with Crippen molar-refractivity contribution in [1.29, 1.82) is 0 Å². The van der Waals surface area contributed by atoms with Crippen LogP contribution in [0.15, 0.2) is 34.0 Å². The highest BCUT2D eigenvalue weighted by molar-refractivity contribution is 7.89. The molecule has 0 saturated carbocycles. The number of sulfonamides is 1. The first kappa shape index (κ1) is 16.5. The van der Waals surface area contributed by atoms with Crippen molar-refractivity contribution < 1.29 is 17.9 Å². The van der Waals surface area contributed by atoms with Gasteiger partial charge in [-0.05, 0) is 25.8 Å². The molecule has 0 unspecified atom stereocenters. The SMILES string of the molecule is Cc1ccc(S(=O)(=O)N2CCCC[C@H]2c2ncon2)cc1[N+](=O)[O-]. The average molecular weight is 352 g/mol. The molecule has 3 rings (SSSR count). The van der Waals surface area contributed by atoms with Gasteiger partial charge in [0.15, 0.2) is 5.82 Å². The van der Waals surface area contributed by atoms with Gasteiger partial charge in [0.2, 0.25) is 16.4 Å². The Morgan fingerprint density at radius 1 is 1.38 bits per heavy atom. The average Bonchev–Trinajstić information content (AvgIpc) is 3.09. The van der Waals surface area contributed by atoms with Crippen molar-refractivity contribution >= 4 is 15.7 Å². The van der Waals surface area contributed by atoms with Gasteiger partial charge < -0.3 is 4.52 Å². The first-order chi connectivity index (χ1) is 11.4. The summed E-state index contributed by atoms with van der Waals surface area (Å²) in [6.45, 7) is 1.88. The summed E-state index contributed by atoms with van der Waals surface area (Å²) >= 11 is 0. The maximum absolute atomic E-state index is 13.0. The number of nitro groups is 1. The van der Waals surface area contributed by atoms with E-state index < -0.39 is 21.0 Å². The van der Waals surface area contributed by atoms with Crippen LogP contribution >= 0.6 is 0 Å². The van der Waals surface area contributed by atoms with Crippen molar-refractivity contribution in [2.45, 2.75) is 37.1 Å². The van der Waals surface area contributed by atoms with Gasteiger partial charge in [0, 0.05) is 18.2 Å². The van der Waals surface area contributed by atoms with E-state index in [4.69, 9.17) is 4.52 Å². The van der Waals surface area contributed by atoms with Gasteiger partial charge >= 0.3 is 0 Å². The topological polar surface area (TPSA) is 119 Å². The van der Waals surface area contributed by atoms with Crippen LogP contribution < -0.4 is 0 Å². The van der Waals surface area contributed by atoms with Crippen LogP contribution in [0.25, 0.3) is 0 Å². The van der Waals surface area contributed by atoms with Gasteiger partial charge in [-0.1, -0.05) is 17.6 Å². The highest BCUT2D eigenvalue weighted by atomic mass is 32.2. The molecule has 0 amide bonds. The molecule has 9 nitrogen and oxygen atoms in total. The third-order valence-corrected chi connectivity index (χ3v) is 6.02. The molecule has 0 radical (unpaired) electrons. The third kappa shape index (κ3) is 2.89. The monoisotopic (exact) mass is 352 g/mol. The highest BCUT2D eigenvalue weighted by Crippen LogP contribution is 2.35. The minimum absolute atomic E-state index is 0.102. The van der Waals surface area contributed by atoms with Crippen LogP contribution in [0.1, 0.15) is 36.7 Å². The molecular formula is C14H16N4O5S. The molecule has 1 saturated heterocycles. The molecule has 0 aliphatic carbocycles. The van der Waals surface area contributed by atoms with E-state index in [0.29, 0.717) is 30.8 Å². The molecular weight excluding hydrogens is 336 g/mol. The molecule has 128 valence electrons. The van der Waals surface area contributed by atoms with Crippen LogP contribution in [0.2, 0.25) is 0 Å². The Labute approximate surface area is 138 Å². The largest absolute Gasteiger partial charge is 0.343 e. The second-order valence-electron chi connectivity index (χ2n) is 5.62. The lowest BCUT2D eigenvalue weighted by Gasteiger charge is -2.32. The number of nitrogens with zero attached hydrogens (tertiary/aromatic N) is 4. The maximum Gasteiger partial charge on any atom is 0.273 e. The van der Waals surface area contributed by atoms with E-state index in [1.54, 1.807) is 6.92 Å². The molecule has 0 N–H and O–H groups in total. The number of aryl methyl sites for hydroxylation is 1. The second kappa shape index (κ2) is 6.29. The standard InChI is InChI=1S/C14H16N4O5S/c1-10-5-6-11(8-13(10)18(19)20)24(21,22)17-7-3-2-4-12(17)14-15-9-23-16-14/h5-6,8-9,12H,2-4,7H2,1H3/t12-/m0/s1. The summed E-state index contributed by atoms with van der Waals surface area (Å²) < 4.78 is 32.0.